The Hall–Kier alpha value is -1.59. The minimum absolute atomic E-state index is 0.00389. The van der Waals surface area contributed by atoms with Crippen molar-refractivity contribution in [2.24, 2.45) is 5.73 Å². The maximum Gasteiger partial charge on any atom is 0.224 e. The van der Waals surface area contributed by atoms with E-state index in [9.17, 15) is 9.90 Å². The van der Waals surface area contributed by atoms with Crippen LogP contribution >= 0.6 is 0 Å². The Bertz CT molecular complexity index is 436. The van der Waals surface area contributed by atoms with Crippen molar-refractivity contribution in [3.8, 4) is 5.75 Å². The van der Waals surface area contributed by atoms with Crippen LogP contribution < -0.4 is 15.8 Å². The van der Waals surface area contributed by atoms with Crippen LogP contribution in [-0.2, 0) is 11.4 Å². The number of ether oxygens (including phenoxy) is 1. The van der Waals surface area contributed by atoms with E-state index >= 15 is 0 Å². The predicted molar refractivity (Wildman–Crippen MR) is 84.3 cm³/mol. The van der Waals surface area contributed by atoms with E-state index in [2.05, 4.69) is 5.32 Å². The molecule has 5 nitrogen and oxygen atoms in total. The Labute approximate surface area is 126 Å². The summed E-state index contributed by atoms with van der Waals surface area (Å²) in [5.74, 6) is 0.649. The van der Waals surface area contributed by atoms with Crippen LogP contribution in [0.2, 0.25) is 0 Å². The lowest BCUT2D eigenvalue weighted by Gasteiger charge is -2.11. The van der Waals surface area contributed by atoms with Crippen molar-refractivity contribution < 1.29 is 14.6 Å². The molecule has 0 spiro atoms. The summed E-state index contributed by atoms with van der Waals surface area (Å²) in [5, 5.41) is 12.2. The molecule has 0 aromatic heterocycles. The summed E-state index contributed by atoms with van der Waals surface area (Å²) in [4.78, 5) is 11.8. The summed E-state index contributed by atoms with van der Waals surface area (Å²) >= 11 is 0. The van der Waals surface area contributed by atoms with Crippen LogP contribution in [0.5, 0.6) is 5.75 Å². The third-order valence-electron chi connectivity index (χ3n) is 3.17. The number of carbonyl (C=O) groups is 1. The molecule has 0 unspecified atom stereocenters. The van der Waals surface area contributed by atoms with Gasteiger partial charge in [0.2, 0.25) is 5.91 Å². The van der Waals surface area contributed by atoms with Gasteiger partial charge in [0.15, 0.2) is 0 Å². The number of carbonyl (C=O) groups excluding carboxylic acids is 1. The number of benzene rings is 1. The standard InChI is InChI=1S/C16H26N2O3/c1-2-21-15-9-8-14(11-13(15)12-19)18-16(20)7-5-3-4-6-10-17/h8-9,11,19H,2-7,10,12,17H2,1H3,(H,18,20). The number of nitrogens with two attached hydrogens (primary N) is 1. The number of anilines is 1. The van der Waals surface area contributed by atoms with Gasteiger partial charge in [-0.1, -0.05) is 12.8 Å². The fourth-order valence-electron chi connectivity index (χ4n) is 2.08. The fourth-order valence-corrected chi connectivity index (χ4v) is 2.08. The maximum atomic E-state index is 11.8. The Kier molecular flexibility index (Phi) is 8.47. The second-order valence-electron chi connectivity index (χ2n) is 4.91. The van der Waals surface area contributed by atoms with Crippen LogP contribution in [0.25, 0.3) is 0 Å². The second kappa shape index (κ2) is 10.2. The summed E-state index contributed by atoms with van der Waals surface area (Å²) in [6.45, 7) is 3.03. The molecule has 118 valence electrons. The highest BCUT2D eigenvalue weighted by molar-refractivity contribution is 5.90. The third-order valence-corrected chi connectivity index (χ3v) is 3.17. The van der Waals surface area contributed by atoms with E-state index in [0.717, 1.165) is 25.7 Å². The molecule has 0 saturated carbocycles. The van der Waals surface area contributed by atoms with Crippen LogP contribution in [0.15, 0.2) is 18.2 Å². The lowest BCUT2D eigenvalue weighted by molar-refractivity contribution is -0.116. The SMILES string of the molecule is CCOc1ccc(NC(=O)CCCCCCN)cc1CO. The number of aliphatic hydroxyl groups excluding tert-OH is 1. The molecule has 21 heavy (non-hydrogen) atoms. The summed E-state index contributed by atoms with van der Waals surface area (Å²) in [7, 11) is 0. The van der Waals surface area contributed by atoms with Gasteiger partial charge in [0.25, 0.3) is 0 Å². The first-order valence-electron chi connectivity index (χ1n) is 7.57. The van der Waals surface area contributed by atoms with Gasteiger partial charge >= 0.3 is 0 Å². The zero-order valence-corrected chi connectivity index (χ0v) is 12.7. The van der Waals surface area contributed by atoms with Gasteiger partial charge in [-0.3, -0.25) is 4.79 Å². The molecule has 1 aromatic carbocycles. The average Bonchev–Trinajstić information content (AvgIpc) is 2.48. The largest absolute Gasteiger partial charge is 0.494 e. The predicted octanol–water partition coefficient (Wildman–Crippen LogP) is 2.43. The zero-order chi connectivity index (χ0) is 15.5. The minimum atomic E-state index is -0.113. The monoisotopic (exact) mass is 294 g/mol. The van der Waals surface area contributed by atoms with E-state index in [0.29, 0.717) is 36.6 Å². The average molecular weight is 294 g/mol. The lowest BCUT2D eigenvalue weighted by Crippen LogP contribution is -2.11. The highest BCUT2D eigenvalue weighted by Gasteiger charge is 2.07. The number of hydrogen-bond donors (Lipinski definition) is 3. The molecule has 1 rings (SSSR count). The summed E-state index contributed by atoms with van der Waals surface area (Å²) in [5.41, 5.74) is 6.79. The van der Waals surface area contributed by atoms with Gasteiger partial charge in [-0.2, -0.15) is 0 Å². The van der Waals surface area contributed by atoms with E-state index in [1.54, 1.807) is 18.2 Å². The second-order valence-corrected chi connectivity index (χ2v) is 4.91. The van der Waals surface area contributed by atoms with Crippen LogP contribution in [0, 0.1) is 0 Å². The lowest BCUT2D eigenvalue weighted by atomic mass is 10.1. The highest BCUT2D eigenvalue weighted by atomic mass is 16.5. The van der Waals surface area contributed by atoms with Crippen molar-refractivity contribution in [2.75, 3.05) is 18.5 Å². The van der Waals surface area contributed by atoms with Gasteiger partial charge in [0.05, 0.1) is 13.2 Å². The van der Waals surface area contributed by atoms with E-state index in [4.69, 9.17) is 10.5 Å². The molecule has 0 atom stereocenters. The van der Waals surface area contributed by atoms with Gasteiger partial charge in [-0.15, -0.1) is 0 Å². The first-order chi connectivity index (χ1) is 10.2. The van der Waals surface area contributed by atoms with E-state index in [1.807, 2.05) is 6.92 Å². The quantitative estimate of drug-likeness (QED) is 0.579. The van der Waals surface area contributed by atoms with Crippen LogP contribution in [0.4, 0.5) is 5.69 Å². The first kappa shape index (κ1) is 17.5. The molecule has 4 N–H and O–H groups in total. The Morgan fingerprint density at radius 3 is 2.71 bits per heavy atom. The Morgan fingerprint density at radius 1 is 1.29 bits per heavy atom. The van der Waals surface area contributed by atoms with Crippen LogP contribution in [-0.4, -0.2) is 24.2 Å². The molecule has 0 aliphatic carbocycles. The summed E-state index contributed by atoms with van der Waals surface area (Å²) in [6.07, 6.45) is 4.49. The first-order valence-corrected chi connectivity index (χ1v) is 7.57. The summed E-state index contributed by atoms with van der Waals surface area (Å²) in [6, 6.07) is 5.31. The number of nitrogens with one attached hydrogen (secondary N) is 1. The van der Waals surface area contributed by atoms with Crippen molar-refractivity contribution >= 4 is 11.6 Å². The number of hydrogen-bond acceptors (Lipinski definition) is 4. The highest BCUT2D eigenvalue weighted by Crippen LogP contribution is 2.23. The maximum absolute atomic E-state index is 11.8. The molecule has 0 radical (unpaired) electrons. The van der Waals surface area contributed by atoms with E-state index < -0.39 is 0 Å². The normalized spacial score (nSPS) is 10.4. The smallest absolute Gasteiger partial charge is 0.224 e. The molecule has 0 bridgehead atoms. The van der Waals surface area contributed by atoms with Crippen LogP contribution in [0.1, 0.15) is 44.6 Å². The molecule has 0 saturated heterocycles. The molecule has 1 aromatic rings. The van der Waals surface area contributed by atoms with Crippen molar-refractivity contribution in [1.29, 1.82) is 0 Å². The zero-order valence-electron chi connectivity index (χ0n) is 12.7. The fraction of sp³-hybridized carbons (Fsp3) is 0.562. The van der Waals surface area contributed by atoms with Crippen molar-refractivity contribution in [2.45, 2.75) is 45.6 Å². The van der Waals surface area contributed by atoms with Gasteiger partial charge in [-0.25, -0.2) is 0 Å². The van der Waals surface area contributed by atoms with E-state index in [-0.39, 0.29) is 12.5 Å². The molecule has 0 aliphatic heterocycles. The topological polar surface area (TPSA) is 84.6 Å². The van der Waals surface area contributed by atoms with Crippen LogP contribution in [0.3, 0.4) is 0 Å². The number of rotatable bonds is 10. The third kappa shape index (κ3) is 6.60. The Morgan fingerprint density at radius 2 is 2.05 bits per heavy atom. The Balaban J connectivity index is 2.45. The van der Waals surface area contributed by atoms with Crippen molar-refractivity contribution in [3.63, 3.8) is 0 Å². The number of amides is 1. The molecule has 5 heteroatoms. The molecule has 1 amide bonds. The van der Waals surface area contributed by atoms with Gasteiger partial charge < -0.3 is 20.9 Å². The number of aliphatic hydroxyl groups is 1. The van der Waals surface area contributed by atoms with Crippen molar-refractivity contribution in [1.82, 2.24) is 0 Å². The van der Waals surface area contributed by atoms with E-state index in [1.165, 1.54) is 0 Å². The summed E-state index contributed by atoms with van der Waals surface area (Å²) < 4.78 is 5.41. The van der Waals surface area contributed by atoms with Crippen molar-refractivity contribution in [3.05, 3.63) is 23.8 Å². The van der Waals surface area contributed by atoms with Gasteiger partial charge in [0.1, 0.15) is 5.75 Å². The molecule has 0 aliphatic rings. The molecule has 0 fully saturated rings. The van der Waals surface area contributed by atoms with Gasteiger partial charge in [0, 0.05) is 17.7 Å². The molecular weight excluding hydrogens is 268 g/mol. The molecular formula is C16H26N2O3. The minimum Gasteiger partial charge on any atom is -0.494 e. The number of unbranched alkanes of at least 4 members (excludes halogenated alkanes) is 3. The van der Waals surface area contributed by atoms with Gasteiger partial charge in [-0.05, 0) is 44.5 Å². The molecule has 0 heterocycles.